The van der Waals surface area contributed by atoms with Gasteiger partial charge in [-0.3, -0.25) is 9.59 Å². The molecule has 3 aromatic heterocycles. The Bertz CT molecular complexity index is 1140. The second-order valence-corrected chi connectivity index (χ2v) is 7.92. The van der Waals surface area contributed by atoms with Crippen molar-refractivity contribution in [3.63, 3.8) is 0 Å². The molecular formula is C20H15N5O2S2. The van der Waals surface area contributed by atoms with Gasteiger partial charge in [0.15, 0.2) is 10.8 Å². The van der Waals surface area contributed by atoms with Gasteiger partial charge in [0.25, 0.3) is 11.8 Å². The first kappa shape index (κ1) is 18.9. The van der Waals surface area contributed by atoms with E-state index in [0.29, 0.717) is 37.7 Å². The van der Waals surface area contributed by atoms with Gasteiger partial charge in [-0.1, -0.05) is 6.07 Å². The Balaban J connectivity index is 1.44. The minimum absolute atomic E-state index is 0.160. The highest BCUT2D eigenvalue weighted by molar-refractivity contribution is 7.17. The molecule has 29 heavy (non-hydrogen) atoms. The molecular weight excluding hydrogens is 406 g/mol. The molecule has 4 aromatic rings. The van der Waals surface area contributed by atoms with E-state index >= 15 is 0 Å². The Morgan fingerprint density at radius 1 is 0.897 bits per heavy atom. The SMILES string of the molecule is Cc1nc(-c2ncccn2)sc1C(=O)Nc1ccc(NC(=O)c2cccs2)cc1. The standard InChI is InChI=1S/C20H15N5O2S2/c1-12-16(29-20(23-12)17-21-9-3-10-22-17)19(27)25-14-7-5-13(6-8-14)24-18(26)15-4-2-11-28-15/h2-11H,1H3,(H,24,26)(H,25,27). The lowest BCUT2D eigenvalue weighted by atomic mass is 10.2. The predicted molar refractivity (Wildman–Crippen MR) is 115 cm³/mol. The number of thiazole rings is 1. The van der Waals surface area contributed by atoms with Gasteiger partial charge >= 0.3 is 0 Å². The second kappa shape index (κ2) is 8.29. The topological polar surface area (TPSA) is 96.9 Å². The molecule has 1 aromatic carbocycles. The van der Waals surface area contributed by atoms with Crippen LogP contribution in [0.15, 0.2) is 60.2 Å². The molecule has 9 heteroatoms. The number of aryl methyl sites for hydroxylation is 1. The van der Waals surface area contributed by atoms with Crippen molar-refractivity contribution in [2.45, 2.75) is 6.92 Å². The fourth-order valence-corrected chi connectivity index (χ4v) is 4.07. The number of thiophene rings is 1. The molecule has 4 rings (SSSR count). The van der Waals surface area contributed by atoms with Crippen molar-refractivity contribution in [1.82, 2.24) is 15.0 Å². The zero-order chi connectivity index (χ0) is 20.2. The fourth-order valence-electron chi connectivity index (χ4n) is 2.54. The van der Waals surface area contributed by atoms with Crippen LogP contribution in [0.4, 0.5) is 11.4 Å². The first-order chi connectivity index (χ1) is 14.1. The Kier molecular flexibility index (Phi) is 5.41. The van der Waals surface area contributed by atoms with E-state index in [1.165, 1.54) is 22.7 Å². The molecule has 0 spiro atoms. The quantitative estimate of drug-likeness (QED) is 0.495. The normalized spacial score (nSPS) is 10.5. The van der Waals surface area contributed by atoms with E-state index in [-0.39, 0.29) is 11.8 Å². The molecule has 0 aliphatic heterocycles. The second-order valence-electron chi connectivity index (χ2n) is 5.97. The average molecular weight is 422 g/mol. The Hall–Kier alpha value is -3.43. The van der Waals surface area contributed by atoms with Gasteiger partial charge in [-0.25, -0.2) is 15.0 Å². The summed E-state index contributed by atoms with van der Waals surface area (Å²) < 4.78 is 0. The molecule has 3 heterocycles. The molecule has 144 valence electrons. The molecule has 0 saturated heterocycles. The van der Waals surface area contributed by atoms with Crippen LogP contribution in [0.1, 0.15) is 25.0 Å². The lowest BCUT2D eigenvalue weighted by Gasteiger charge is -2.07. The van der Waals surface area contributed by atoms with E-state index in [9.17, 15) is 9.59 Å². The lowest BCUT2D eigenvalue weighted by Crippen LogP contribution is -2.12. The molecule has 0 radical (unpaired) electrons. The predicted octanol–water partition coefficient (Wildman–Crippen LogP) is 4.47. The fraction of sp³-hybridized carbons (Fsp3) is 0.0500. The summed E-state index contributed by atoms with van der Waals surface area (Å²) in [6, 6.07) is 12.3. The van der Waals surface area contributed by atoms with Gasteiger partial charge < -0.3 is 10.6 Å². The van der Waals surface area contributed by atoms with Crippen LogP contribution in [-0.2, 0) is 0 Å². The number of anilines is 2. The Labute approximate surface area is 174 Å². The smallest absolute Gasteiger partial charge is 0.267 e. The minimum Gasteiger partial charge on any atom is -0.321 e. The van der Waals surface area contributed by atoms with Crippen molar-refractivity contribution in [2.24, 2.45) is 0 Å². The molecule has 0 bridgehead atoms. The number of hydrogen-bond donors (Lipinski definition) is 2. The number of carbonyl (C=O) groups excluding carboxylic acids is 2. The summed E-state index contributed by atoms with van der Waals surface area (Å²) in [6.07, 6.45) is 3.27. The number of rotatable bonds is 5. The monoisotopic (exact) mass is 421 g/mol. The van der Waals surface area contributed by atoms with Gasteiger partial charge in [0.1, 0.15) is 4.88 Å². The number of nitrogens with one attached hydrogen (secondary N) is 2. The minimum atomic E-state index is -0.252. The summed E-state index contributed by atoms with van der Waals surface area (Å²) in [6.45, 7) is 1.78. The van der Waals surface area contributed by atoms with Crippen molar-refractivity contribution in [2.75, 3.05) is 10.6 Å². The van der Waals surface area contributed by atoms with E-state index < -0.39 is 0 Å². The summed E-state index contributed by atoms with van der Waals surface area (Å²) in [5.74, 6) is 0.0794. The summed E-state index contributed by atoms with van der Waals surface area (Å²) in [5.41, 5.74) is 1.89. The molecule has 0 aliphatic carbocycles. The van der Waals surface area contributed by atoms with Gasteiger partial charge in [-0.05, 0) is 48.7 Å². The maximum Gasteiger partial charge on any atom is 0.267 e. The van der Waals surface area contributed by atoms with Crippen LogP contribution in [0.25, 0.3) is 10.8 Å². The highest BCUT2D eigenvalue weighted by atomic mass is 32.1. The zero-order valence-corrected chi connectivity index (χ0v) is 16.9. The number of hydrogen-bond acceptors (Lipinski definition) is 7. The van der Waals surface area contributed by atoms with Crippen LogP contribution >= 0.6 is 22.7 Å². The summed E-state index contributed by atoms with van der Waals surface area (Å²) >= 11 is 2.62. The van der Waals surface area contributed by atoms with Crippen LogP contribution in [0.5, 0.6) is 0 Å². The maximum absolute atomic E-state index is 12.6. The molecule has 0 unspecified atom stereocenters. The Morgan fingerprint density at radius 2 is 1.55 bits per heavy atom. The summed E-state index contributed by atoms with van der Waals surface area (Å²) in [4.78, 5) is 38.6. The van der Waals surface area contributed by atoms with Crippen molar-refractivity contribution >= 4 is 45.9 Å². The molecule has 0 fully saturated rings. The van der Waals surface area contributed by atoms with E-state index in [2.05, 4.69) is 25.6 Å². The third-order valence-electron chi connectivity index (χ3n) is 3.91. The summed E-state index contributed by atoms with van der Waals surface area (Å²) in [5, 5.41) is 8.12. The third kappa shape index (κ3) is 4.36. The van der Waals surface area contributed by atoms with Gasteiger partial charge in [-0.15, -0.1) is 22.7 Å². The van der Waals surface area contributed by atoms with Crippen molar-refractivity contribution in [1.29, 1.82) is 0 Å². The molecule has 0 aliphatic rings. The number of amides is 2. The van der Waals surface area contributed by atoms with E-state index in [0.717, 1.165) is 0 Å². The van der Waals surface area contributed by atoms with Crippen LogP contribution in [0, 0.1) is 6.92 Å². The number of aromatic nitrogens is 3. The van der Waals surface area contributed by atoms with E-state index in [4.69, 9.17) is 0 Å². The highest BCUT2D eigenvalue weighted by Crippen LogP contribution is 2.26. The van der Waals surface area contributed by atoms with Crippen LogP contribution in [-0.4, -0.2) is 26.8 Å². The summed E-state index contributed by atoms with van der Waals surface area (Å²) in [7, 11) is 0. The lowest BCUT2D eigenvalue weighted by molar-refractivity contribution is 0.102. The van der Waals surface area contributed by atoms with Crippen LogP contribution in [0.3, 0.4) is 0 Å². The molecule has 7 nitrogen and oxygen atoms in total. The zero-order valence-electron chi connectivity index (χ0n) is 15.2. The van der Waals surface area contributed by atoms with Gasteiger partial charge in [0, 0.05) is 23.8 Å². The highest BCUT2D eigenvalue weighted by Gasteiger charge is 2.17. The molecule has 0 saturated carbocycles. The first-order valence-electron chi connectivity index (χ1n) is 8.61. The first-order valence-corrected chi connectivity index (χ1v) is 10.3. The van der Waals surface area contributed by atoms with Crippen LogP contribution < -0.4 is 10.6 Å². The third-order valence-corrected chi connectivity index (χ3v) is 5.93. The number of nitrogens with zero attached hydrogens (tertiary/aromatic N) is 3. The molecule has 2 N–H and O–H groups in total. The molecule has 2 amide bonds. The number of benzene rings is 1. The Morgan fingerprint density at radius 3 is 2.17 bits per heavy atom. The molecule has 0 atom stereocenters. The van der Waals surface area contributed by atoms with E-state index in [1.54, 1.807) is 55.7 Å². The van der Waals surface area contributed by atoms with Crippen molar-refractivity contribution < 1.29 is 9.59 Å². The van der Waals surface area contributed by atoms with Crippen molar-refractivity contribution in [3.8, 4) is 10.8 Å². The average Bonchev–Trinajstić information content (AvgIpc) is 3.40. The largest absolute Gasteiger partial charge is 0.321 e. The van der Waals surface area contributed by atoms with Crippen LogP contribution in [0.2, 0.25) is 0 Å². The number of carbonyl (C=O) groups is 2. The van der Waals surface area contributed by atoms with Gasteiger partial charge in [0.2, 0.25) is 0 Å². The van der Waals surface area contributed by atoms with Gasteiger partial charge in [0.05, 0.1) is 10.6 Å². The van der Waals surface area contributed by atoms with Gasteiger partial charge in [-0.2, -0.15) is 0 Å². The maximum atomic E-state index is 12.6. The van der Waals surface area contributed by atoms with E-state index in [1.807, 2.05) is 11.4 Å². The van der Waals surface area contributed by atoms with Crippen molar-refractivity contribution in [3.05, 3.63) is 75.7 Å².